The molecule has 0 aromatic carbocycles. The van der Waals surface area contributed by atoms with E-state index in [1.54, 1.807) is 11.6 Å². The highest BCUT2D eigenvalue weighted by atomic mass is 35.5. The minimum absolute atomic E-state index is 0.0562. The Morgan fingerprint density at radius 1 is 1.59 bits per heavy atom. The first-order valence-corrected chi connectivity index (χ1v) is 7.55. The molecule has 1 unspecified atom stereocenters. The van der Waals surface area contributed by atoms with E-state index in [1.807, 2.05) is 6.92 Å². The van der Waals surface area contributed by atoms with Crippen LogP contribution in [-0.2, 0) is 17.1 Å². The van der Waals surface area contributed by atoms with Gasteiger partial charge in [0.2, 0.25) is 0 Å². The summed E-state index contributed by atoms with van der Waals surface area (Å²) in [6.45, 7) is 2.43. The SMILES string of the molecule is CCC(CCCl)CNS(=O)(=O)c1cn(C)cn1. The van der Waals surface area contributed by atoms with Gasteiger partial charge < -0.3 is 4.57 Å². The van der Waals surface area contributed by atoms with E-state index in [9.17, 15) is 8.42 Å². The number of sulfonamides is 1. The van der Waals surface area contributed by atoms with E-state index in [0.717, 1.165) is 12.8 Å². The number of alkyl halides is 1. The van der Waals surface area contributed by atoms with Gasteiger partial charge in [-0.1, -0.05) is 13.3 Å². The summed E-state index contributed by atoms with van der Waals surface area (Å²) in [5, 5.41) is 0.0562. The van der Waals surface area contributed by atoms with Gasteiger partial charge in [0.1, 0.15) is 0 Å². The topological polar surface area (TPSA) is 64.0 Å². The molecule has 0 aliphatic heterocycles. The zero-order chi connectivity index (χ0) is 12.9. The van der Waals surface area contributed by atoms with Gasteiger partial charge in [0, 0.05) is 25.7 Å². The number of hydrogen-bond acceptors (Lipinski definition) is 3. The molecule has 0 saturated carbocycles. The second-order valence-corrected chi connectivity index (χ2v) is 6.07. The molecule has 1 rings (SSSR count). The van der Waals surface area contributed by atoms with Gasteiger partial charge in [0.15, 0.2) is 5.03 Å². The van der Waals surface area contributed by atoms with Crippen LogP contribution < -0.4 is 4.72 Å². The van der Waals surface area contributed by atoms with Crippen LogP contribution in [0.5, 0.6) is 0 Å². The lowest BCUT2D eigenvalue weighted by Gasteiger charge is -2.13. The van der Waals surface area contributed by atoms with Crippen LogP contribution in [0.3, 0.4) is 0 Å². The summed E-state index contributed by atoms with van der Waals surface area (Å²) >= 11 is 5.65. The van der Waals surface area contributed by atoms with Crippen LogP contribution in [0.15, 0.2) is 17.6 Å². The average Bonchev–Trinajstić information content (AvgIpc) is 2.72. The lowest BCUT2D eigenvalue weighted by Crippen LogP contribution is -2.29. The summed E-state index contributed by atoms with van der Waals surface area (Å²) in [5.41, 5.74) is 0. The van der Waals surface area contributed by atoms with Crippen molar-refractivity contribution in [3.05, 3.63) is 12.5 Å². The van der Waals surface area contributed by atoms with E-state index < -0.39 is 10.0 Å². The molecule has 1 atom stereocenters. The minimum Gasteiger partial charge on any atom is -0.339 e. The highest BCUT2D eigenvalue weighted by Crippen LogP contribution is 2.10. The fourth-order valence-corrected chi connectivity index (χ4v) is 2.84. The van der Waals surface area contributed by atoms with Crippen LogP contribution >= 0.6 is 11.6 Å². The lowest BCUT2D eigenvalue weighted by molar-refractivity contribution is 0.480. The zero-order valence-electron chi connectivity index (χ0n) is 10.1. The summed E-state index contributed by atoms with van der Waals surface area (Å²) < 4.78 is 27.9. The Morgan fingerprint density at radius 3 is 2.76 bits per heavy atom. The zero-order valence-corrected chi connectivity index (χ0v) is 11.6. The van der Waals surface area contributed by atoms with Crippen LogP contribution in [-0.4, -0.2) is 30.4 Å². The maximum atomic E-state index is 11.9. The molecule has 0 aliphatic rings. The normalized spacial score (nSPS) is 13.8. The fraction of sp³-hybridized carbons (Fsp3) is 0.700. The molecule has 0 radical (unpaired) electrons. The molecular weight excluding hydrogens is 262 g/mol. The van der Waals surface area contributed by atoms with Crippen LogP contribution in [0.1, 0.15) is 19.8 Å². The molecule has 5 nitrogen and oxygen atoms in total. The van der Waals surface area contributed by atoms with Crippen molar-refractivity contribution in [3.8, 4) is 0 Å². The highest BCUT2D eigenvalue weighted by molar-refractivity contribution is 7.89. The van der Waals surface area contributed by atoms with Crippen molar-refractivity contribution in [1.82, 2.24) is 14.3 Å². The van der Waals surface area contributed by atoms with Gasteiger partial charge in [-0.15, -0.1) is 11.6 Å². The molecular formula is C10H18ClN3O2S. The fourth-order valence-electron chi connectivity index (χ4n) is 1.43. The van der Waals surface area contributed by atoms with Gasteiger partial charge >= 0.3 is 0 Å². The molecule has 0 bridgehead atoms. The summed E-state index contributed by atoms with van der Waals surface area (Å²) in [5.74, 6) is 0.815. The Hall–Kier alpha value is -0.590. The largest absolute Gasteiger partial charge is 0.339 e. The van der Waals surface area contributed by atoms with Crippen LogP contribution in [0.2, 0.25) is 0 Å². The summed E-state index contributed by atoms with van der Waals surface area (Å²) in [6, 6.07) is 0. The van der Waals surface area contributed by atoms with Gasteiger partial charge in [-0.05, 0) is 12.3 Å². The molecule has 0 amide bonds. The molecule has 0 aliphatic carbocycles. The number of nitrogens with zero attached hydrogens (tertiary/aromatic N) is 2. The average molecular weight is 280 g/mol. The van der Waals surface area contributed by atoms with E-state index >= 15 is 0 Å². The van der Waals surface area contributed by atoms with Crippen LogP contribution in [0.4, 0.5) is 0 Å². The number of hydrogen-bond donors (Lipinski definition) is 1. The second kappa shape index (κ2) is 6.37. The van der Waals surface area contributed by atoms with Crippen LogP contribution in [0.25, 0.3) is 0 Å². The van der Waals surface area contributed by atoms with Crippen molar-refractivity contribution in [2.24, 2.45) is 13.0 Å². The van der Waals surface area contributed by atoms with E-state index in [1.165, 1.54) is 12.5 Å². The smallest absolute Gasteiger partial charge is 0.259 e. The third-order valence-corrected chi connectivity index (χ3v) is 4.14. The van der Waals surface area contributed by atoms with Gasteiger partial charge in [0.25, 0.3) is 10.0 Å². The third-order valence-electron chi connectivity index (χ3n) is 2.61. The van der Waals surface area contributed by atoms with Gasteiger partial charge in [0.05, 0.1) is 6.33 Å². The third kappa shape index (κ3) is 4.29. The highest BCUT2D eigenvalue weighted by Gasteiger charge is 2.18. The maximum Gasteiger partial charge on any atom is 0.259 e. The first-order valence-electron chi connectivity index (χ1n) is 5.53. The van der Waals surface area contributed by atoms with E-state index in [2.05, 4.69) is 9.71 Å². The number of imidazole rings is 1. The van der Waals surface area contributed by atoms with Crippen molar-refractivity contribution in [2.75, 3.05) is 12.4 Å². The van der Waals surface area contributed by atoms with E-state index in [-0.39, 0.29) is 10.9 Å². The lowest BCUT2D eigenvalue weighted by atomic mass is 10.0. The Bertz CT molecular complexity index is 444. The number of rotatable bonds is 7. The molecule has 98 valence electrons. The first kappa shape index (κ1) is 14.5. The molecule has 7 heteroatoms. The number of aryl methyl sites for hydroxylation is 1. The second-order valence-electron chi connectivity index (χ2n) is 3.98. The molecule has 1 aromatic rings. The maximum absolute atomic E-state index is 11.9. The van der Waals surface area contributed by atoms with Crippen LogP contribution in [0, 0.1) is 5.92 Å². The van der Waals surface area contributed by atoms with Crippen molar-refractivity contribution >= 4 is 21.6 Å². The van der Waals surface area contributed by atoms with E-state index in [0.29, 0.717) is 12.4 Å². The van der Waals surface area contributed by atoms with Crippen molar-refractivity contribution in [3.63, 3.8) is 0 Å². The monoisotopic (exact) mass is 279 g/mol. The van der Waals surface area contributed by atoms with Gasteiger partial charge in [-0.25, -0.2) is 18.1 Å². The minimum atomic E-state index is -3.49. The molecule has 1 N–H and O–H groups in total. The molecule has 17 heavy (non-hydrogen) atoms. The Kier molecular flexibility index (Phi) is 5.42. The predicted molar refractivity (Wildman–Crippen MR) is 67.5 cm³/mol. The van der Waals surface area contributed by atoms with Crippen molar-refractivity contribution in [1.29, 1.82) is 0 Å². The number of aromatic nitrogens is 2. The number of nitrogens with one attached hydrogen (secondary N) is 1. The Labute approximate surface area is 107 Å². The van der Waals surface area contributed by atoms with Gasteiger partial charge in [-0.2, -0.15) is 0 Å². The molecule has 1 aromatic heterocycles. The summed E-state index contributed by atoms with van der Waals surface area (Å²) in [4.78, 5) is 3.82. The molecule has 0 saturated heterocycles. The number of halogens is 1. The quantitative estimate of drug-likeness (QED) is 0.767. The molecule has 1 heterocycles. The van der Waals surface area contributed by atoms with Crippen molar-refractivity contribution in [2.45, 2.75) is 24.8 Å². The standard InChI is InChI=1S/C10H18ClN3O2S/c1-3-9(4-5-11)6-13-17(15,16)10-7-14(2)8-12-10/h7-9,13H,3-6H2,1-2H3. The molecule has 0 fully saturated rings. The molecule has 0 spiro atoms. The predicted octanol–water partition coefficient (Wildman–Crippen LogP) is 1.35. The van der Waals surface area contributed by atoms with Crippen molar-refractivity contribution < 1.29 is 8.42 Å². The first-order chi connectivity index (χ1) is 7.99. The summed E-state index contributed by atoms with van der Waals surface area (Å²) in [6.07, 6.45) is 4.65. The Morgan fingerprint density at radius 2 is 2.29 bits per heavy atom. The Balaban J connectivity index is 2.61. The van der Waals surface area contributed by atoms with Gasteiger partial charge in [-0.3, -0.25) is 0 Å². The summed E-state index contributed by atoms with van der Waals surface area (Å²) in [7, 11) is -1.76. The van der Waals surface area contributed by atoms with E-state index in [4.69, 9.17) is 11.6 Å².